The molecule has 0 amide bonds. The van der Waals surface area contributed by atoms with Gasteiger partial charge >= 0.3 is 5.97 Å². The maximum absolute atomic E-state index is 11.4. The third kappa shape index (κ3) is 3.84. The van der Waals surface area contributed by atoms with Gasteiger partial charge in [0.15, 0.2) is 0 Å². The highest BCUT2D eigenvalue weighted by Gasteiger charge is 2.17. The summed E-state index contributed by atoms with van der Waals surface area (Å²) in [7, 11) is 1.42. The normalized spacial score (nSPS) is 11.3. The van der Waals surface area contributed by atoms with Crippen molar-refractivity contribution in [3.8, 4) is 0 Å². The number of hydrogen-bond donors (Lipinski definition) is 0. The number of rotatable bonds is 6. The molecule has 1 aromatic rings. The van der Waals surface area contributed by atoms with E-state index in [-0.39, 0.29) is 12.0 Å². The second-order valence-corrected chi connectivity index (χ2v) is 4.67. The van der Waals surface area contributed by atoms with Crippen LogP contribution in [0, 0.1) is 6.92 Å². The number of nitrogens with zero attached hydrogens (tertiary/aromatic N) is 3. The maximum atomic E-state index is 11.4. The summed E-state index contributed by atoms with van der Waals surface area (Å²) in [4.78, 5) is 13.5. The zero-order valence-electron chi connectivity index (χ0n) is 11.9. The molecule has 1 aromatic heterocycles. The van der Waals surface area contributed by atoms with Gasteiger partial charge in [-0.05, 0) is 33.8 Å². The Morgan fingerprint density at radius 3 is 2.72 bits per heavy atom. The van der Waals surface area contributed by atoms with Crippen LogP contribution in [0.1, 0.15) is 32.2 Å². The van der Waals surface area contributed by atoms with Gasteiger partial charge in [-0.15, -0.1) is 0 Å². The molecule has 0 N–H and O–H groups in total. The summed E-state index contributed by atoms with van der Waals surface area (Å²) in [5.74, 6) is -0.206. The third-order valence-electron chi connectivity index (χ3n) is 2.94. The number of aryl methyl sites for hydroxylation is 2. The van der Waals surface area contributed by atoms with E-state index in [1.54, 1.807) is 0 Å². The van der Waals surface area contributed by atoms with E-state index >= 15 is 0 Å². The van der Waals surface area contributed by atoms with Crippen molar-refractivity contribution in [1.82, 2.24) is 14.7 Å². The Morgan fingerprint density at radius 2 is 2.22 bits per heavy atom. The van der Waals surface area contributed by atoms with Crippen LogP contribution in [0.2, 0.25) is 0 Å². The average Bonchev–Trinajstić information content (AvgIpc) is 2.68. The summed E-state index contributed by atoms with van der Waals surface area (Å²) in [6, 6.07) is 2.35. The predicted molar refractivity (Wildman–Crippen MR) is 70.2 cm³/mol. The predicted octanol–water partition coefficient (Wildman–Crippen LogP) is 1.59. The Balaban J connectivity index is 2.79. The molecular formula is C13H23N3O2. The van der Waals surface area contributed by atoms with Gasteiger partial charge in [0.2, 0.25) is 0 Å². The van der Waals surface area contributed by atoms with Crippen LogP contribution < -0.4 is 0 Å². The van der Waals surface area contributed by atoms with Gasteiger partial charge in [-0.1, -0.05) is 0 Å². The smallest absolute Gasteiger partial charge is 0.319 e. The molecule has 0 aliphatic heterocycles. The van der Waals surface area contributed by atoms with Crippen molar-refractivity contribution in [3.05, 3.63) is 17.5 Å². The highest BCUT2D eigenvalue weighted by molar-refractivity contribution is 5.71. The van der Waals surface area contributed by atoms with Crippen molar-refractivity contribution in [2.45, 2.75) is 46.8 Å². The second kappa shape index (κ2) is 6.54. The van der Waals surface area contributed by atoms with E-state index in [1.165, 1.54) is 7.11 Å². The van der Waals surface area contributed by atoms with Crippen molar-refractivity contribution < 1.29 is 9.53 Å². The lowest BCUT2D eigenvalue weighted by Gasteiger charge is -2.25. The summed E-state index contributed by atoms with van der Waals surface area (Å²) < 4.78 is 6.70. The van der Waals surface area contributed by atoms with E-state index in [0.29, 0.717) is 13.1 Å². The summed E-state index contributed by atoms with van der Waals surface area (Å²) in [6.07, 6.45) is 0. The molecule has 0 aliphatic rings. The number of ether oxygens (including phenoxy) is 1. The molecule has 0 spiro atoms. The molecule has 0 unspecified atom stereocenters. The minimum atomic E-state index is -0.206. The van der Waals surface area contributed by atoms with Gasteiger partial charge < -0.3 is 4.74 Å². The van der Waals surface area contributed by atoms with Crippen LogP contribution in [0.25, 0.3) is 0 Å². The van der Waals surface area contributed by atoms with Gasteiger partial charge in [-0.25, -0.2) is 0 Å². The fraction of sp³-hybridized carbons (Fsp3) is 0.692. The van der Waals surface area contributed by atoms with E-state index in [0.717, 1.165) is 17.9 Å². The number of aromatic nitrogens is 2. The van der Waals surface area contributed by atoms with Crippen molar-refractivity contribution in [2.75, 3.05) is 13.7 Å². The molecule has 0 bridgehead atoms. The number of methoxy groups -OCH3 is 1. The first kappa shape index (κ1) is 14.7. The summed E-state index contributed by atoms with van der Waals surface area (Å²) in [5.41, 5.74) is 2.14. The Labute approximate surface area is 109 Å². The molecule has 0 aliphatic carbocycles. The van der Waals surface area contributed by atoms with Gasteiger partial charge in [-0.2, -0.15) is 5.10 Å². The summed E-state index contributed by atoms with van der Waals surface area (Å²) in [6.45, 7) is 10.0. The van der Waals surface area contributed by atoms with E-state index < -0.39 is 0 Å². The first-order valence-electron chi connectivity index (χ1n) is 6.32. The quantitative estimate of drug-likeness (QED) is 0.722. The molecule has 18 heavy (non-hydrogen) atoms. The Hall–Kier alpha value is -1.36. The van der Waals surface area contributed by atoms with Gasteiger partial charge in [0.05, 0.1) is 25.0 Å². The average molecular weight is 253 g/mol. The van der Waals surface area contributed by atoms with Crippen LogP contribution in [-0.4, -0.2) is 40.3 Å². The van der Waals surface area contributed by atoms with Crippen LogP contribution in [0.5, 0.6) is 0 Å². The number of hydrogen-bond acceptors (Lipinski definition) is 4. The zero-order chi connectivity index (χ0) is 13.7. The topological polar surface area (TPSA) is 47.4 Å². The largest absolute Gasteiger partial charge is 0.468 e. The maximum Gasteiger partial charge on any atom is 0.319 e. The van der Waals surface area contributed by atoms with Gasteiger partial charge in [-0.3, -0.25) is 14.4 Å². The standard InChI is InChI=1S/C13H23N3O2/c1-6-16-12(7-11(4)14-16)8-15(10(2)3)9-13(17)18-5/h7,10H,6,8-9H2,1-5H3. The molecule has 0 aromatic carbocycles. The van der Waals surface area contributed by atoms with Gasteiger partial charge in [0.1, 0.15) is 0 Å². The minimum absolute atomic E-state index is 0.206. The van der Waals surface area contributed by atoms with Crippen molar-refractivity contribution in [1.29, 1.82) is 0 Å². The van der Waals surface area contributed by atoms with Crippen LogP contribution in [0.15, 0.2) is 6.07 Å². The molecule has 5 nitrogen and oxygen atoms in total. The van der Waals surface area contributed by atoms with Crippen LogP contribution in [0.3, 0.4) is 0 Å². The first-order valence-corrected chi connectivity index (χ1v) is 6.32. The number of carbonyl (C=O) groups excluding carboxylic acids is 1. The van der Waals surface area contributed by atoms with Gasteiger partial charge in [0.25, 0.3) is 0 Å². The van der Waals surface area contributed by atoms with Gasteiger partial charge in [0, 0.05) is 19.1 Å². The van der Waals surface area contributed by atoms with E-state index in [1.807, 2.05) is 11.6 Å². The minimum Gasteiger partial charge on any atom is -0.468 e. The van der Waals surface area contributed by atoms with E-state index in [2.05, 4.69) is 36.8 Å². The lowest BCUT2D eigenvalue weighted by molar-refractivity contribution is -0.142. The zero-order valence-corrected chi connectivity index (χ0v) is 11.9. The Morgan fingerprint density at radius 1 is 1.56 bits per heavy atom. The van der Waals surface area contributed by atoms with Crippen molar-refractivity contribution in [2.24, 2.45) is 0 Å². The number of esters is 1. The molecular weight excluding hydrogens is 230 g/mol. The molecule has 0 fully saturated rings. The lowest BCUT2D eigenvalue weighted by Crippen LogP contribution is -2.36. The van der Waals surface area contributed by atoms with Crippen LogP contribution >= 0.6 is 0 Å². The molecule has 1 rings (SSSR count). The monoisotopic (exact) mass is 253 g/mol. The Kier molecular flexibility index (Phi) is 5.34. The first-order chi connectivity index (χ1) is 8.47. The summed E-state index contributed by atoms with van der Waals surface area (Å²) in [5, 5.41) is 4.41. The molecule has 0 radical (unpaired) electrons. The highest BCUT2D eigenvalue weighted by Crippen LogP contribution is 2.10. The SMILES string of the molecule is CCn1nc(C)cc1CN(CC(=O)OC)C(C)C. The fourth-order valence-corrected chi connectivity index (χ4v) is 1.86. The van der Waals surface area contributed by atoms with Crippen LogP contribution in [0.4, 0.5) is 0 Å². The molecule has 0 saturated heterocycles. The molecule has 0 saturated carbocycles. The van der Waals surface area contributed by atoms with E-state index in [4.69, 9.17) is 4.74 Å². The fourth-order valence-electron chi connectivity index (χ4n) is 1.86. The highest BCUT2D eigenvalue weighted by atomic mass is 16.5. The lowest BCUT2D eigenvalue weighted by atomic mass is 10.2. The van der Waals surface area contributed by atoms with Crippen LogP contribution in [-0.2, 0) is 22.6 Å². The second-order valence-electron chi connectivity index (χ2n) is 4.67. The summed E-state index contributed by atoms with van der Waals surface area (Å²) >= 11 is 0. The number of carbonyl (C=O) groups is 1. The van der Waals surface area contributed by atoms with E-state index in [9.17, 15) is 4.79 Å². The molecule has 5 heteroatoms. The Bertz CT molecular complexity index is 399. The molecule has 102 valence electrons. The molecule has 0 atom stereocenters. The van der Waals surface area contributed by atoms with Crippen molar-refractivity contribution >= 4 is 5.97 Å². The molecule has 1 heterocycles. The van der Waals surface area contributed by atoms with Crippen molar-refractivity contribution in [3.63, 3.8) is 0 Å². The third-order valence-corrected chi connectivity index (χ3v) is 2.94.